The number of anilines is 1. The van der Waals surface area contributed by atoms with Gasteiger partial charge in [-0.1, -0.05) is 11.6 Å². The molecule has 2 aromatic heterocycles. The van der Waals surface area contributed by atoms with Crippen LogP contribution in [0.15, 0.2) is 30.3 Å². The van der Waals surface area contributed by atoms with Crippen molar-refractivity contribution in [1.82, 2.24) is 19.9 Å². The highest BCUT2D eigenvalue weighted by atomic mass is 35.5. The maximum absolute atomic E-state index is 11.4. The molecule has 7 nitrogen and oxygen atoms in total. The summed E-state index contributed by atoms with van der Waals surface area (Å²) in [4.78, 5) is 18.4. The van der Waals surface area contributed by atoms with Crippen LogP contribution in [0.5, 0.6) is 5.75 Å². The van der Waals surface area contributed by atoms with E-state index in [-0.39, 0.29) is 11.9 Å². The van der Waals surface area contributed by atoms with Crippen LogP contribution in [-0.2, 0) is 4.79 Å². The number of benzene rings is 1. The summed E-state index contributed by atoms with van der Waals surface area (Å²) in [6.45, 7) is 5.06. The van der Waals surface area contributed by atoms with Gasteiger partial charge in [-0.3, -0.25) is 4.79 Å². The molecule has 0 bridgehead atoms. The monoisotopic (exact) mass is 399 g/mol. The highest BCUT2D eigenvalue weighted by molar-refractivity contribution is 6.29. The van der Waals surface area contributed by atoms with Crippen molar-refractivity contribution < 1.29 is 9.53 Å². The summed E-state index contributed by atoms with van der Waals surface area (Å²) >= 11 is 6.36. The van der Waals surface area contributed by atoms with Gasteiger partial charge in [0.15, 0.2) is 10.8 Å². The van der Waals surface area contributed by atoms with Gasteiger partial charge < -0.3 is 15.0 Å². The van der Waals surface area contributed by atoms with Gasteiger partial charge >= 0.3 is 0 Å². The fourth-order valence-corrected chi connectivity index (χ4v) is 3.96. The van der Waals surface area contributed by atoms with Crippen molar-refractivity contribution in [2.45, 2.75) is 26.3 Å². The zero-order valence-electron chi connectivity index (χ0n) is 16.1. The number of nitrogens with zero attached hydrogens (tertiary/aromatic N) is 4. The molecule has 1 aliphatic heterocycles. The van der Waals surface area contributed by atoms with Crippen LogP contribution in [-0.4, -0.2) is 46.7 Å². The quantitative estimate of drug-likeness (QED) is 0.730. The Morgan fingerprint density at radius 3 is 2.75 bits per heavy atom. The molecule has 1 fully saturated rings. The number of methoxy groups -OCH3 is 1. The zero-order valence-corrected chi connectivity index (χ0v) is 16.8. The largest absolute Gasteiger partial charge is 0.497 e. The number of fused-ring (bicyclic) bond motifs is 1. The van der Waals surface area contributed by atoms with E-state index in [1.807, 2.05) is 37.3 Å². The predicted molar refractivity (Wildman–Crippen MR) is 109 cm³/mol. The van der Waals surface area contributed by atoms with Crippen molar-refractivity contribution in [3.63, 3.8) is 0 Å². The summed E-state index contributed by atoms with van der Waals surface area (Å²) in [6.07, 6.45) is 0.886. The minimum atomic E-state index is -0.0109. The SMILES string of the molecule is COc1ccc(-c2c(C)nc3c(N4CC[C@@H](NC(C)=O)C4)cc(Cl)nn23)cc1. The predicted octanol–water partition coefficient (Wildman–Crippen LogP) is 3.08. The van der Waals surface area contributed by atoms with Gasteiger partial charge in [0.2, 0.25) is 5.91 Å². The number of rotatable bonds is 4. The van der Waals surface area contributed by atoms with Crippen LogP contribution in [0.1, 0.15) is 19.0 Å². The maximum atomic E-state index is 11.4. The Balaban J connectivity index is 1.77. The van der Waals surface area contributed by atoms with Gasteiger partial charge in [0.25, 0.3) is 0 Å². The second-order valence-electron chi connectivity index (χ2n) is 6.99. The molecule has 1 N–H and O–H groups in total. The number of carbonyl (C=O) groups is 1. The van der Waals surface area contributed by atoms with Crippen molar-refractivity contribution in [1.29, 1.82) is 0 Å². The molecular weight excluding hydrogens is 378 g/mol. The van der Waals surface area contributed by atoms with E-state index in [1.54, 1.807) is 18.5 Å². The Labute approximate surface area is 168 Å². The first-order valence-corrected chi connectivity index (χ1v) is 9.56. The van der Waals surface area contributed by atoms with E-state index >= 15 is 0 Å². The number of imidazole rings is 1. The molecule has 1 saturated heterocycles. The molecule has 3 aromatic rings. The van der Waals surface area contributed by atoms with Crippen molar-refractivity contribution >= 4 is 28.8 Å². The molecule has 1 aromatic carbocycles. The molecule has 0 spiro atoms. The number of hydrogen-bond acceptors (Lipinski definition) is 5. The number of hydrogen-bond donors (Lipinski definition) is 1. The molecule has 8 heteroatoms. The first-order valence-electron chi connectivity index (χ1n) is 9.18. The maximum Gasteiger partial charge on any atom is 0.217 e. The molecule has 1 aliphatic rings. The van der Waals surface area contributed by atoms with Crippen LogP contribution >= 0.6 is 11.6 Å². The number of nitrogens with one attached hydrogen (secondary N) is 1. The fourth-order valence-electron chi connectivity index (χ4n) is 3.78. The number of halogens is 1. The molecule has 3 heterocycles. The van der Waals surface area contributed by atoms with E-state index in [4.69, 9.17) is 21.3 Å². The van der Waals surface area contributed by atoms with E-state index in [9.17, 15) is 4.79 Å². The van der Waals surface area contributed by atoms with Gasteiger partial charge in [-0.2, -0.15) is 5.10 Å². The van der Waals surface area contributed by atoms with Gasteiger partial charge in [-0.05, 0) is 37.6 Å². The van der Waals surface area contributed by atoms with Crippen LogP contribution in [0, 0.1) is 6.92 Å². The van der Waals surface area contributed by atoms with Crippen LogP contribution in [0.4, 0.5) is 5.69 Å². The van der Waals surface area contributed by atoms with Crippen molar-refractivity contribution in [2.24, 2.45) is 0 Å². The van der Waals surface area contributed by atoms with Gasteiger partial charge in [-0.25, -0.2) is 9.50 Å². The number of aromatic nitrogens is 3. The Kier molecular flexibility index (Phi) is 4.85. The van der Waals surface area contributed by atoms with Gasteiger partial charge in [0, 0.05) is 37.7 Å². The summed E-state index contributed by atoms with van der Waals surface area (Å²) in [7, 11) is 1.65. The van der Waals surface area contributed by atoms with E-state index in [0.29, 0.717) is 5.15 Å². The second kappa shape index (κ2) is 7.31. The third-order valence-corrected chi connectivity index (χ3v) is 5.19. The molecule has 4 rings (SSSR count). The standard InChI is InChI=1S/C20H22ClN5O2/c1-12-19(14-4-6-16(28-3)7-5-14)26-20(22-12)17(10-18(21)24-26)25-9-8-15(11-25)23-13(2)27/h4-7,10,15H,8-9,11H2,1-3H3,(H,23,27)/t15-/m1/s1. The van der Waals surface area contributed by atoms with Crippen LogP contribution in [0.25, 0.3) is 16.9 Å². The highest BCUT2D eigenvalue weighted by Crippen LogP contribution is 2.32. The zero-order chi connectivity index (χ0) is 19.8. The lowest BCUT2D eigenvalue weighted by molar-refractivity contribution is -0.119. The Hall–Kier alpha value is -2.80. The molecule has 0 aliphatic carbocycles. The average Bonchev–Trinajstić information content (AvgIpc) is 3.24. The normalized spacial score (nSPS) is 16.6. The molecule has 0 unspecified atom stereocenters. The summed E-state index contributed by atoms with van der Waals surface area (Å²) in [5.74, 6) is 0.784. The number of ether oxygens (including phenoxy) is 1. The third-order valence-electron chi connectivity index (χ3n) is 5.01. The van der Waals surface area contributed by atoms with Crippen molar-refractivity contribution in [3.8, 4) is 17.0 Å². The number of carbonyl (C=O) groups excluding carboxylic acids is 1. The smallest absolute Gasteiger partial charge is 0.217 e. The van der Waals surface area contributed by atoms with E-state index < -0.39 is 0 Å². The lowest BCUT2D eigenvalue weighted by Crippen LogP contribution is -2.35. The molecular formula is C20H22ClN5O2. The highest BCUT2D eigenvalue weighted by Gasteiger charge is 2.27. The van der Waals surface area contributed by atoms with Crippen LogP contribution in [0.2, 0.25) is 5.15 Å². The molecule has 1 atom stereocenters. The fraction of sp³-hybridized carbons (Fsp3) is 0.350. The van der Waals surface area contributed by atoms with E-state index in [2.05, 4.69) is 15.3 Å². The molecule has 28 heavy (non-hydrogen) atoms. The molecule has 0 saturated carbocycles. The summed E-state index contributed by atoms with van der Waals surface area (Å²) in [6, 6.07) is 9.77. The first-order chi connectivity index (χ1) is 13.5. The number of amides is 1. The minimum Gasteiger partial charge on any atom is -0.497 e. The van der Waals surface area contributed by atoms with Gasteiger partial charge in [0.05, 0.1) is 24.2 Å². The summed E-state index contributed by atoms with van der Waals surface area (Å²) in [5.41, 5.74) is 4.45. The summed E-state index contributed by atoms with van der Waals surface area (Å²) in [5, 5.41) is 7.90. The van der Waals surface area contributed by atoms with Crippen LogP contribution in [0.3, 0.4) is 0 Å². The molecule has 1 amide bonds. The lowest BCUT2D eigenvalue weighted by atomic mass is 10.1. The Bertz CT molecular complexity index is 1030. The van der Waals surface area contributed by atoms with E-state index in [0.717, 1.165) is 53.5 Å². The molecule has 0 radical (unpaired) electrons. The second-order valence-corrected chi connectivity index (χ2v) is 7.38. The van der Waals surface area contributed by atoms with Gasteiger partial charge in [0.1, 0.15) is 5.75 Å². The average molecular weight is 400 g/mol. The number of aryl methyl sites for hydroxylation is 1. The van der Waals surface area contributed by atoms with Crippen LogP contribution < -0.4 is 15.0 Å². The third kappa shape index (κ3) is 3.38. The van der Waals surface area contributed by atoms with Crippen molar-refractivity contribution in [3.05, 3.63) is 41.2 Å². The topological polar surface area (TPSA) is 71.8 Å². The lowest BCUT2D eigenvalue weighted by Gasteiger charge is -2.19. The van der Waals surface area contributed by atoms with E-state index in [1.165, 1.54) is 0 Å². The Morgan fingerprint density at radius 1 is 1.32 bits per heavy atom. The first kappa shape index (κ1) is 18.6. The Morgan fingerprint density at radius 2 is 2.07 bits per heavy atom. The summed E-state index contributed by atoms with van der Waals surface area (Å²) < 4.78 is 7.06. The van der Waals surface area contributed by atoms with Gasteiger partial charge in [-0.15, -0.1) is 0 Å². The molecule has 146 valence electrons. The minimum absolute atomic E-state index is 0.0109. The van der Waals surface area contributed by atoms with Crippen molar-refractivity contribution in [2.75, 3.05) is 25.1 Å².